The number of ether oxygens (including phenoxy) is 1. The number of esters is 1. The molecule has 4 nitrogen and oxygen atoms in total. The van der Waals surface area contributed by atoms with Crippen molar-refractivity contribution < 1.29 is 27.1 Å². The lowest BCUT2D eigenvalue weighted by atomic mass is 9.98. The van der Waals surface area contributed by atoms with E-state index in [0.717, 1.165) is 11.1 Å². The molecule has 1 atom stereocenters. The first-order valence-corrected chi connectivity index (χ1v) is 7.40. The van der Waals surface area contributed by atoms with Crippen LogP contribution in [0.4, 0.5) is 23.2 Å². The minimum atomic E-state index is -1.77. The number of nitrogens with zero attached hydrogens (tertiary/aromatic N) is 1. The van der Waals surface area contributed by atoms with Crippen molar-refractivity contribution in [3.05, 3.63) is 58.9 Å². The Hall–Kier alpha value is -2.64. The molecule has 0 amide bonds. The van der Waals surface area contributed by atoms with Crippen LogP contribution >= 0.6 is 0 Å². The number of aryl methyl sites for hydroxylation is 1. The highest BCUT2D eigenvalue weighted by Gasteiger charge is 2.24. The Kier molecular flexibility index (Phi) is 5.95. The Morgan fingerprint density at radius 3 is 2.40 bits per heavy atom. The predicted molar refractivity (Wildman–Crippen MR) is 82.9 cm³/mol. The van der Waals surface area contributed by atoms with E-state index >= 15 is 0 Å². The van der Waals surface area contributed by atoms with Gasteiger partial charge in [0.2, 0.25) is 11.6 Å². The average molecular weight is 356 g/mol. The van der Waals surface area contributed by atoms with Crippen molar-refractivity contribution in [2.75, 3.05) is 19.0 Å². The van der Waals surface area contributed by atoms with E-state index < -0.39 is 41.1 Å². The Labute approximate surface area is 141 Å². The zero-order chi connectivity index (χ0) is 18.6. The summed E-state index contributed by atoms with van der Waals surface area (Å²) in [6.07, 6.45) is 0.223. The molecule has 0 saturated carbocycles. The number of nitrogens with one attached hydrogen (secondary N) is 1. The number of carbonyl (C=O) groups excluding carboxylic acids is 1. The zero-order valence-electron chi connectivity index (χ0n) is 13.6. The molecular formula is C17H16F4N2O2. The second kappa shape index (κ2) is 7.96. The van der Waals surface area contributed by atoms with Crippen molar-refractivity contribution in [1.82, 2.24) is 4.98 Å². The summed E-state index contributed by atoms with van der Waals surface area (Å²) in [4.78, 5) is 14.4. The molecule has 1 unspecified atom stereocenters. The van der Waals surface area contributed by atoms with Crippen LogP contribution in [0.5, 0.6) is 0 Å². The highest BCUT2D eigenvalue weighted by molar-refractivity contribution is 5.73. The molecule has 8 heteroatoms. The lowest BCUT2D eigenvalue weighted by Crippen LogP contribution is -2.27. The molecule has 25 heavy (non-hydrogen) atoms. The fourth-order valence-electron chi connectivity index (χ4n) is 2.40. The third kappa shape index (κ3) is 4.46. The molecule has 0 fully saturated rings. The van der Waals surface area contributed by atoms with Gasteiger partial charge in [-0.15, -0.1) is 0 Å². The number of halogens is 4. The van der Waals surface area contributed by atoms with E-state index in [1.165, 1.54) is 7.11 Å². The Balaban J connectivity index is 2.20. The highest BCUT2D eigenvalue weighted by Crippen LogP contribution is 2.23. The van der Waals surface area contributed by atoms with E-state index in [1.54, 1.807) is 12.1 Å². The van der Waals surface area contributed by atoms with Crippen molar-refractivity contribution in [2.45, 2.75) is 13.3 Å². The van der Waals surface area contributed by atoms with Crippen molar-refractivity contribution in [3.8, 4) is 0 Å². The van der Waals surface area contributed by atoms with Crippen LogP contribution < -0.4 is 5.32 Å². The van der Waals surface area contributed by atoms with Gasteiger partial charge in [0.25, 0.3) is 11.9 Å². The van der Waals surface area contributed by atoms with Gasteiger partial charge in [-0.3, -0.25) is 4.79 Å². The number of anilines is 1. The van der Waals surface area contributed by atoms with Crippen LogP contribution in [0, 0.1) is 36.4 Å². The smallest absolute Gasteiger partial charge is 0.310 e. The van der Waals surface area contributed by atoms with Gasteiger partial charge < -0.3 is 10.1 Å². The first kappa shape index (κ1) is 18.7. The van der Waals surface area contributed by atoms with E-state index in [-0.39, 0.29) is 13.0 Å². The molecule has 0 radical (unpaired) electrons. The number of benzene rings is 1. The predicted octanol–water partition coefficient (Wildman–Crippen LogP) is 3.39. The summed E-state index contributed by atoms with van der Waals surface area (Å²) in [6.45, 7) is 1.60. The van der Waals surface area contributed by atoms with E-state index in [0.29, 0.717) is 0 Å². The van der Waals surface area contributed by atoms with Crippen LogP contribution in [-0.4, -0.2) is 24.6 Å². The van der Waals surface area contributed by atoms with Crippen molar-refractivity contribution in [3.63, 3.8) is 0 Å². The Bertz CT molecular complexity index is 757. The molecular weight excluding hydrogens is 340 g/mol. The van der Waals surface area contributed by atoms with E-state index in [9.17, 15) is 22.4 Å². The maximum atomic E-state index is 13.6. The SMILES string of the molecule is COC(=O)C(CNc1c(F)c(F)nc(F)c1F)Cc1cccc(C)c1. The summed E-state index contributed by atoms with van der Waals surface area (Å²) in [5.41, 5.74) is 0.776. The number of aromatic nitrogens is 1. The quantitative estimate of drug-likeness (QED) is 0.490. The molecule has 1 heterocycles. The number of hydrogen-bond donors (Lipinski definition) is 1. The van der Waals surface area contributed by atoms with Gasteiger partial charge in [-0.1, -0.05) is 29.8 Å². The monoisotopic (exact) mass is 356 g/mol. The summed E-state index contributed by atoms with van der Waals surface area (Å²) >= 11 is 0. The lowest BCUT2D eigenvalue weighted by Gasteiger charge is -2.17. The number of pyridine rings is 1. The fourth-order valence-corrected chi connectivity index (χ4v) is 2.40. The topological polar surface area (TPSA) is 51.2 Å². The summed E-state index contributed by atoms with van der Waals surface area (Å²) < 4.78 is 58.2. The molecule has 134 valence electrons. The van der Waals surface area contributed by atoms with Crippen LogP contribution in [0.2, 0.25) is 0 Å². The molecule has 1 aromatic carbocycles. The molecule has 0 saturated heterocycles. The molecule has 0 aliphatic heterocycles. The van der Waals surface area contributed by atoms with Crippen LogP contribution in [-0.2, 0) is 16.0 Å². The van der Waals surface area contributed by atoms with Gasteiger partial charge in [0.15, 0.2) is 0 Å². The molecule has 0 spiro atoms. The normalized spacial score (nSPS) is 11.9. The third-order valence-corrected chi connectivity index (χ3v) is 3.62. The van der Waals surface area contributed by atoms with Crippen LogP contribution in [0.25, 0.3) is 0 Å². The number of hydrogen-bond acceptors (Lipinski definition) is 4. The molecule has 2 rings (SSSR count). The maximum absolute atomic E-state index is 13.6. The summed E-state index contributed by atoms with van der Waals surface area (Å²) in [5.74, 6) is -8.28. The molecule has 0 aliphatic carbocycles. The molecule has 1 N–H and O–H groups in total. The van der Waals surface area contributed by atoms with E-state index in [1.807, 2.05) is 19.1 Å². The first-order chi connectivity index (χ1) is 11.8. The summed E-state index contributed by atoms with van der Waals surface area (Å²) in [7, 11) is 1.18. The van der Waals surface area contributed by atoms with Gasteiger partial charge in [0, 0.05) is 6.54 Å². The minimum absolute atomic E-state index is 0.223. The van der Waals surface area contributed by atoms with Gasteiger partial charge in [0.1, 0.15) is 5.69 Å². The fraction of sp³-hybridized carbons (Fsp3) is 0.294. The van der Waals surface area contributed by atoms with Crippen molar-refractivity contribution in [2.24, 2.45) is 5.92 Å². The second-order valence-electron chi connectivity index (χ2n) is 5.49. The lowest BCUT2D eigenvalue weighted by molar-refractivity contribution is -0.144. The van der Waals surface area contributed by atoms with E-state index in [4.69, 9.17) is 0 Å². The van der Waals surface area contributed by atoms with Gasteiger partial charge in [0.05, 0.1) is 13.0 Å². The summed E-state index contributed by atoms with van der Waals surface area (Å²) in [5, 5.41) is 2.24. The van der Waals surface area contributed by atoms with Crippen molar-refractivity contribution in [1.29, 1.82) is 0 Å². The molecule has 1 aromatic heterocycles. The van der Waals surface area contributed by atoms with Crippen LogP contribution in [0.3, 0.4) is 0 Å². The third-order valence-electron chi connectivity index (χ3n) is 3.62. The van der Waals surface area contributed by atoms with Crippen LogP contribution in [0.15, 0.2) is 24.3 Å². The number of rotatable bonds is 6. The summed E-state index contributed by atoms with van der Waals surface area (Å²) in [6, 6.07) is 7.32. The Morgan fingerprint density at radius 2 is 1.84 bits per heavy atom. The second-order valence-corrected chi connectivity index (χ2v) is 5.49. The van der Waals surface area contributed by atoms with Gasteiger partial charge >= 0.3 is 5.97 Å². The molecule has 2 aromatic rings. The largest absolute Gasteiger partial charge is 0.469 e. The highest BCUT2D eigenvalue weighted by atomic mass is 19.2. The zero-order valence-corrected chi connectivity index (χ0v) is 13.6. The maximum Gasteiger partial charge on any atom is 0.310 e. The van der Waals surface area contributed by atoms with Gasteiger partial charge in [-0.2, -0.15) is 22.5 Å². The average Bonchev–Trinajstić information content (AvgIpc) is 2.58. The van der Waals surface area contributed by atoms with Gasteiger partial charge in [-0.25, -0.2) is 0 Å². The Morgan fingerprint density at radius 1 is 1.20 bits per heavy atom. The standard InChI is InChI=1S/C17H16F4N2O2/c1-9-4-3-5-10(6-9)7-11(17(24)25-2)8-22-14-12(18)15(20)23-16(21)13(14)19/h3-6,11H,7-8H2,1-2H3,(H,22,23). The molecule has 0 bridgehead atoms. The van der Waals surface area contributed by atoms with Crippen molar-refractivity contribution >= 4 is 11.7 Å². The minimum Gasteiger partial charge on any atom is -0.469 e. The number of carbonyl (C=O) groups is 1. The van der Waals surface area contributed by atoms with Crippen LogP contribution in [0.1, 0.15) is 11.1 Å². The van der Waals surface area contributed by atoms with E-state index in [2.05, 4.69) is 15.0 Å². The number of methoxy groups -OCH3 is 1. The molecule has 0 aliphatic rings. The van der Waals surface area contributed by atoms with Gasteiger partial charge in [-0.05, 0) is 18.9 Å². The first-order valence-electron chi connectivity index (χ1n) is 7.40.